The van der Waals surface area contributed by atoms with E-state index in [0.717, 1.165) is 38.8 Å². The van der Waals surface area contributed by atoms with Crippen LogP contribution in [0.3, 0.4) is 0 Å². The monoisotopic (exact) mass is 352 g/mol. The maximum absolute atomic E-state index is 12.7. The Morgan fingerprint density at radius 1 is 1.08 bits per heavy atom. The first-order valence-corrected chi connectivity index (χ1v) is 8.80. The molecule has 0 bridgehead atoms. The van der Waals surface area contributed by atoms with Gasteiger partial charge in [0.25, 0.3) is 5.91 Å². The van der Waals surface area contributed by atoms with Crippen molar-refractivity contribution >= 4 is 22.9 Å². The molecule has 25 heavy (non-hydrogen) atoms. The Morgan fingerprint density at radius 3 is 2.48 bits per heavy atom. The predicted molar refractivity (Wildman–Crippen MR) is 103 cm³/mol. The summed E-state index contributed by atoms with van der Waals surface area (Å²) in [5, 5.41) is 3.83. The summed E-state index contributed by atoms with van der Waals surface area (Å²) in [6.07, 6.45) is 0. The highest BCUT2D eigenvalue weighted by atomic mass is 32.1. The molecule has 0 unspecified atom stereocenters. The van der Waals surface area contributed by atoms with Crippen LogP contribution in [0.1, 0.15) is 26.5 Å². The molecule has 1 amide bonds. The first-order chi connectivity index (χ1) is 12.0. The number of hydrogen-bond donors (Lipinski definition) is 1. The average Bonchev–Trinajstić information content (AvgIpc) is 3.00. The molecule has 4 nitrogen and oxygen atoms in total. The predicted octanol–water partition coefficient (Wildman–Crippen LogP) is 5.00. The molecule has 2 aromatic carbocycles. The number of hydrogen-bond acceptors (Lipinski definition) is 4. The number of anilines is 1. The number of carbonyl (C=O) groups is 1. The molecule has 0 aliphatic heterocycles. The summed E-state index contributed by atoms with van der Waals surface area (Å²) >= 11 is 1.40. The normalized spacial score (nSPS) is 10.6. The molecular weight excluding hydrogens is 332 g/mol. The summed E-state index contributed by atoms with van der Waals surface area (Å²) in [5.41, 5.74) is 4.69. The SMILES string of the molecule is COc1ccc(-c2nc(C)c(C(=O)Nc3cc(C)ccc3C)s2)cc1. The summed E-state index contributed by atoms with van der Waals surface area (Å²) in [7, 11) is 1.64. The maximum Gasteiger partial charge on any atom is 0.267 e. The zero-order valence-electron chi connectivity index (χ0n) is 14.7. The highest BCUT2D eigenvalue weighted by Gasteiger charge is 2.17. The molecule has 0 aliphatic carbocycles. The third kappa shape index (κ3) is 3.72. The second-order valence-corrected chi connectivity index (χ2v) is 6.93. The second-order valence-electron chi connectivity index (χ2n) is 5.93. The Kier molecular flexibility index (Phi) is 4.86. The van der Waals surface area contributed by atoms with E-state index >= 15 is 0 Å². The molecule has 5 heteroatoms. The van der Waals surface area contributed by atoms with Gasteiger partial charge >= 0.3 is 0 Å². The molecule has 1 heterocycles. The van der Waals surface area contributed by atoms with Gasteiger partial charge in [-0.25, -0.2) is 4.98 Å². The Bertz CT molecular complexity index is 914. The lowest BCUT2D eigenvalue weighted by Gasteiger charge is -2.08. The van der Waals surface area contributed by atoms with Crippen LogP contribution >= 0.6 is 11.3 Å². The van der Waals surface area contributed by atoms with Crippen molar-refractivity contribution in [2.45, 2.75) is 20.8 Å². The summed E-state index contributed by atoms with van der Waals surface area (Å²) in [6, 6.07) is 13.7. The number of ether oxygens (including phenoxy) is 1. The van der Waals surface area contributed by atoms with Gasteiger partial charge in [0.15, 0.2) is 0 Å². The fraction of sp³-hybridized carbons (Fsp3) is 0.200. The minimum absolute atomic E-state index is 0.122. The van der Waals surface area contributed by atoms with Gasteiger partial charge in [0, 0.05) is 11.3 Å². The van der Waals surface area contributed by atoms with Gasteiger partial charge in [-0.1, -0.05) is 12.1 Å². The molecule has 128 valence electrons. The van der Waals surface area contributed by atoms with Crippen LogP contribution in [-0.4, -0.2) is 18.0 Å². The van der Waals surface area contributed by atoms with Crippen molar-refractivity contribution in [1.82, 2.24) is 4.98 Å². The van der Waals surface area contributed by atoms with Gasteiger partial charge in [-0.05, 0) is 62.2 Å². The number of methoxy groups -OCH3 is 1. The molecule has 0 radical (unpaired) electrons. The van der Waals surface area contributed by atoms with Crippen molar-refractivity contribution in [3.63, 3.8) is 0 Å². The van der Waals surface area contributed by atoms with E-state index in [1.807, 2.05) is 63.2 Å². The molecule has 0 saturated carbocycles. The fourth-order valence-corrected chi connectivity index (χ4v) is 3.48. The van der Waals surface area contributed by atoms with E-state index in [1.54, 1.807) is 7.11 Å². The first kappa shape index (κ1) is 17.2. The van der Waals surface area contributed by atoms with Gasteiger partial charge in [-0.15, -0.1) is 11.3 Å². The third-order valence-electron chi connectivity index (χ3n) is 3.98. The molecule has 0 saturated heterocycles. The molecule has 3 rings (SSSR count). The van der Waals surface area contributed by atoms with E-state index in [-0.39, 0.29) is 5.91 Å². The van der Waals surface area contributed by atoms with Crippen molar-refractivity contribution < 1.29 is 9.53 Å². The van der Waals surface area contributed by atoms with E-state index in [1.165, 1.54) is 11.3 Å². The highest BCUT2D eigenvalue weighted by Crippen LogP contribution is 2.30. The number of benzene rings is 2. The number of nitrogens with zero attached hydrogens (tertiary/aromatic N) is 1. The van der Waals surface area contributed by atoms with Crippen LogP contribution in [0.25, 0.3) is 10.6 Å². The smallest absolute Gasteiger partial charge is 0.267 e. The van der Waals surface area contributed by atoms with Crippen molar-refractivity contribution in [3.8, 4) is 16.3 Å². The van der Waals surface area contributed by atoms with Gasteiger partial charge in [-0.3, -0.25) is 4.79 Å². The molecule has 1 aromatic heterocycles. The van der Waals surface area contributed by atoms with Crippen LogP contribution in [0, 0.1) is 20.8 Å². The zero-order chi connectivity index (χ0) is 18.0. The van der Waals surface area contributed by atoms with Crippen LogP contribution in [0.2, 0.25) is 0 Å². The minimum Gasteiger partial charge on any atom is -0.497 e. The Labute approximate surface area is 151 Å². The lowest BCUT2D eigenvalue weighted by Crippen LogP contribution is -2.12. The molecule has 0 aliphatic rings. The number of aryl methyl sites for hydroxylation is 3. The van der Waals surface area contributed by atoms with Gasteiger partial charge < -0.3 is 10.1 Å². The van der Waals surface area contributed by atoms with Crippen molar-refractivity contribution in [2.75, 3.05) is 12.4 Å². The van der Waals surface area contributed by atoms with Crippen molar-refractivity contribution in [3.05, 3.63) is 64.2 Å². The zero-order valence-corrected chi connectivity index (χ0v) is 15.5. The van der Waals surface area contributed by atoms with E-state index < -0.39 is 0 Å². The molecule has 1 N–H and O–H groups in total. The van der Waals surface area contributed by atoms with Crippen molar-refractivity contribution in [1.29, 1.82) is 0 Å². The summed E-state index contributed by atoms with van der Waals surface area (Å²) in [6.45, 7) is 5.85. The Balaban J connectivity index is 1.86. The van der Waals surface area contributed by atoms with E-state index in [2.05, 4.69) is 10.3 Å². The number of aromatic nitrogens is 1. The van der Waals surface area contributed by atoms with Gasteiger partial charge in [-0.2, -0.15) is 0 Å². The van der Waals surface area contributed by atoms with Crippen LogP contribution in [0.5, 0.6) is 5.75 Å². The van der Waals surface area contributed by atoms with Crippen LogP contribution in [0.4, 0.5) is 5.69 Å². The fourth-order valence-electron chi connectivity index (χ4n) is 2.51. The third-order valence-corrected chi connectivity index (χ3v) is 5.19. The summed E-state index contributed by atoms with van der Waals surface area (Å²) < 4.78 is 5.18. The maximum atomic E-state index is 12.7. The number of nitrogens with one attached hydrogen (secondary N) is 1. The number of rotatable bonds is 4. The van der Waals surface area contributed by atoms with E-state index in [0.29, 0.717) is 4.88 Å². The Hall–Kier alpha value is -2.66. The van der Waals surface area contributed by atoms with E-state index in [4.69, 9.17) is 4.74 Å². The number of amides is 1. The number of carbonyl (C=O) groups excluding carboxylic acids is 1. The van der Waals surface area contributed by atoms with E-state index in [9.17, 15) is 4.79 Å². The average molecular weight is 352 g/mol. The van der Waals surface area contributed by atoms with Gasteiger partial charge in [0.1, 0.15) is 15.6 Å². The standard InChI is InChI=1S/C20H20N2O2S/c1-12-5-6-13(2)17(11-12)22-19(23)18-14(3)21-20(25-18)15-7-9-16(24-4)10-8-15/h5-11H,1-4H3,(H,22,23). The largest absolute Gasteiger partial charge is 0.497 e. The van der Waals surface area contributed by atoms with Crippen LogP contribution in [-0.2, 0) is 0 Å². The topological polar surface area (TPSA) is 51.2 Å². The second kappa shape index (κ2) is 7.07. The Morgan fingerprint density at radius 2 is 1.80 bits per heavy atom. The van der Waals surface area contributed by atoms with Gasteiger partial charge in [0.05, 0.1) is 12.8 Å². The molecule has 0 spiro atoms. The van der Waals surface area contributed by atoms with Gasteiger partial charge in [0.2, 0.25) is 0 Å². The summed E-state index contributed by atoms with van der Waals surface area (Å²) in [5.74, 6) is 0.674. The minimum atomic E-state index is -0.122. The van der Waals surface area contributed by atoms with Crippen molar-refractivity contribution in [2.24, 2.45) is 0 Å². The molecule has 0 atom stereocenters. The highest BCUT2D eigenvalue weighted by molar-refractivity contribution is 7.17. The molecule has 0 fully saturated rings. The van der Waals surface area contributed by atoms with Crippen LogP contribution in [0.15, 0.2) is 42.5 Å². The lowest BCUT2D eigenvalue weighted by atomic mass is 10.1. The number of thiazole rings is 1. The first-order valence-electron chi connectivity index (χ1n) is 7.98. The molecular formula is C20H20N2O2S. The van der Waals surface area contributed by atoms with Crippen LogP contribution < -0.4 is 10.1 Å². The molecule has 3 aromatic rings. The summed E-state index contributed by atoms with van der Waals surface area (Å²) in [4.78, 5) is 17.9. The lowest BCUT2D eigenvalue weighted by molar-refractivity contribution is 0.102. The quantitative estimate of drug-likeness (QED) is 0.719.